The molecule has 0 aromatic heterocycles. The number of allylic oxidation sites excluding steroid dienone is 1. The molecule has 1 unspecified atom stereocenters. The maximum atomic E-state index is 13.1. The van der Waals surface area contributed by atoms with E-state index in [1.54, 1.807) is 6.08 Å². The number of azo groups is 1. The van der Waals surface area contributed by atoms with Crippen molar-refractivity contribution in [2.24, 2.45) is 21.1 Å². The third kappa shape index (κ3) is 3.25. The summed E-state index contributed by atoms with van der Waals surface area (Å²) >= 11 is 0. The molecule has 0 aromatic rings. The molecule has 0 aliphatic carbocycles. The second-order valence-corrected chi connectivity index (χ2v) is 6.00. The summed E-state index contributed by atoms with van der Waals surface area (Å²) < 4.78 is 13.1. The smallest absolute Gasteiger partial charge is 0.290 e. The zero-order valence-electron chi connectivity index (χ0n) is 12.9. The standard InChI is InChI=1S/C14H16FN5O.CH2O2/c15-11-2-1-9-12(18-19-13(9)17-11)14(21)16-10-7-20-5-3-8(10)4-6-20;2-1-3/h1-2,8,10,13H,3-7H2,(H,16,21);1H,(H,2,3)/t10-,13?;/m1./s1. The van der Waals surface area contributed by atoms with E-state index in [1.165, 1.54) is 6.08 Å². The van der Waals surface area contributed by atoms with Crippen LogP contribution >= 0.6 is 0 Å². The molecule has 2 N–H and O–H groups in total. The Morgan fingerprint density at radius 3 is 2.71 bits per heavy atom. The molecule has 9 heteroatoms. The lowest BCUT2D eigenvalue weighted by Crippen LogP contribution is -2.57. The van der Waals surface area contributed by atoms with Crippen molar-refractivity contribution in [2.75, 3.05) is 19.6 Å². The van der Waals surface area contributed by atoms with Gasteiger partial charge in [-0.3, -0.25) is 9.59 Å². The van der Waals surface area contributed by atoms with Crippen LogP contribution in [0.2, 0.25) is 0 Å². The highest BCUT2D eigenvalue weighted by Gasteiger charge is 2.36. The molecule has 0 saturated carbocycles. The zero-order valence-corrected chi connectivity index (χ0v) is 12.9. The Hall–Kier alpha value is -2.42. The predicted molar refractivity (Wildman–Crippen MR) is 83.1 cm³/mol. The van der Waals surface area contributed by atoms with Crippen LogP contribution in [0.3, 0.4) is 0 Å². The van der Waals surface area contributed by atoms with Gasteiger partial charge in [-0.25, -0.2) is 4.99 Å². The maximum absolute atomic E-state index is 13.1. The molecule has 0 spiro atoms. The molecule has 8 nitrogen and oxygen atoms in total. The lowest BCUT2D eigenvalue weighted by Gasteiger charge is -2.44. The third-order valence-corrected chi connectivity index (χ3v) is 4.65. The quantitative estimate of drug-likeness (QED) is 0.731. The molecule has 0 radical (unpaired) electrons. The first kappa shape index (κ1) is 16.4. The summed E-state index contributed by atoms with van der Waals surface area (Å²) in [6.07, 6.45) is 4.36. The molecule has 5 aliphatic rings. The molecule has 2 atom stereocenters. The van der Waals surface area contributed by atoms with Crippen molar-refractivity contribution in [1.29, 1.82) is 0 Å². The number of carboxylic acid groups (broad SMARTS) is 1. The van der Waals surface area contributed by atoms with E-state index in [-0.39, 0.29) is 24.1 Å². The van der Waals surface area contributed by atoms with Crippen LogP contribution in [0.4, 0.5) is 4.39 Å². The fraction of sp³-hybridized carbons (Fsp3) is 0.533. The third-order valence-electron chi connectivity index (χ3n) is 4.65. The van der Waals surface area contributed by atoms with E-state index >= 15 is 0 Å². The first-order valence-corrected chi connectivity index (χ1v) is 7.80. The van der Waals surface area contributed by atoms with E-state index in [0.29, 0.717) is 11.5 Å². The Morgan fingerprint density at radius 2 is 2.08 bits per heavy atom. The van der Waals surface area contributed by atoms with Crippen LogP contribution in [-0.2, 0) is 9.59 Å². The van der Waals surface area contributed by atoms with Gasteiger partial charge in [0.25, 0.3) is 12.4 Å². The Balaban J connectivity index is 0.000000526. The number of fused-ring (bicyclic) bond motifs is 4. The summed E-state index contributed by atoms with van der Waals surface area (Å²) in [4.78, 5) is 26.9. The SMILES string of the molecule is O=C(N[C@@H]1CN2CCC1CC2)C1=C2C=CC(F)=NC2N=N1.O=CO. The summed E-state index contributed by atoms with van der Waals surface area (Å²) in [5, 5.41) is 17.7. The largest absolute Gasteiger partial charge is 0.483 e. The van der Waals surface area contributed by atoms with E-state index in [4.69, 9.17) is 9.90 Å². The van der Waals surface area contributed by atoms with Crippen LogP contribution in [0, 0.1) is 5.92 Å². The summed E-state index contributed by atoms with van der Waals surface area (Å²) in [7, 11) is 0. The number of halogens is 1. The van der Waals surface area contributed by atoms with Crippen molar-refractivity contribution in [3.8, 4) is 0 Å². The number of nitrogens with one attached hydrogen (secondary N) is 1. The van der Waals surface area contributed by atoms with Crippen molar-refractivity contribution in [1.82, 2.24) is 10.2 Å². The van der Waals surface area contributed by atoms with Crippen molar-refractivity contribution in [3.63, 3.8) is 0 Å². The summed E-state index contributed by atoms with van der Waals surface area (Å²) in [6, 6.07) is 0.176. The molecule has 5 rings (SSSR count). The number of dihydropyridines is 1. The highest BCUT2D eigenvalue weighted by atomic mass is 19.1. The number of hydrogen-bond donors (Lipinski definition) is 2. The lowest BCUT2D eigenvalue weighted by molar-refractivity contribution is -0.123. The topological polar surface area (TPSA) is 107 Å². The van der Waals surface area contributed by atoms with Crippen molar-refractivity contribution < 1.29 is 19.1 Å². The van der Waals surface area contributed by atoms with Crippen LogP contribution in [0.25, 0.3) is 0 Å². The van der Waals surface area contributed by atoms with Crippen LogP contribution in [0.5, 0.6) is 0 Å². The first-order chi connectivity index (χ1) is 11.6. The van der Waals surface area contributed by atoms with Gasteiger partial charge in [0.05, 0.1) is 0 Å². The lowest BCUT2D eigenvalue weighted by atomic mass is 9.84. The van der Waals surface area contributed by atoms with Crippen molar-refractivity contribution in [2.45, 2.75) is 25.0 Å². The Kier molecular flexibility index (Phi) is 4.79. The van der Waals surface area contributed by atoms with Gasteiger partial charge in [-0.05, 0) is 44.0 Å². The first-order valence-electron chi connectivity index (χ1n) is 7.80. The Morgan fingerprint density at radius 1 is 1.38 bits per heavy atom. The molecule has 0 aromatic carbocycles. The van der Waals surface area contributed by atoms with Gasteiger partial charge in [-0.15, -0.1) is 5.11 Å². The summed E-state index contributed by atoms with van der Waals surface area (Å²) in [6.45, 7) is 2.91. The average Bonchev–Trinajstić information content (AvgIpc) is 2.99. The van der Waals surface area contributed by atoms with E-state index in [0.717, 1.165) is 32.5 Å². The molecule has 1 amide bonds. The molecule has 3 saturated heterocycles. The maximum Gasteiger partial charge on any atom is 0.290 e. The number of aliphatic imine (C=N–C) groups is 1. The summed E-state index contributed by atoms with van der Waals surface area (Å²) in [5.41, 5.74) is 0.846. The van der Waals surface area contributed by atoms with E-state index in [9.17, 15) is 9.18 Å². The van der Waals surface area contributed by atoms with Crippen LogP contribution in [0.15, 0.2) is 38.6 Å². The van der Waals surface area contributed by atoms with Gasteiger partial charge in [0.2, 0.25) is 5.97 Å². The van der Waals surface area contributed by atoms with E-state index in [2.05, 4.69) is 25.4 Å². The highest BCUT2D eigenvalue weighted by Crippen LogP contribution is 2.30. The predicted octanol–water partition coefficient (Wildman–Crippen LogP) is 0.881. The zero-order chi connectivity index (χ0) is 17.1. The number of carbonyl (C=O) groups is 2. The fourth-order valence-corrected chi connectivity index (χ4v) is 3.48. The second kappa shape index (κ2) is 7.00. The normalized spacial score (nSPS) is 32.6. The molecule has 5 aliphatic heterocycles. The van der Waals surface area contributed by atoms with Crippen LogP contribution in [-0.4, -0.2) is 60.2 Å². The summed E-state index contributed by atoms with van der Waals surface area (Å²) in [5.74, 6) is -0.255. The van der Waals surface area contributed by atoms with Gasteiger partial charge in [0.15, 0.2) is 11.9 Å². The van der Waals surface area contributed by atoms with Crippen LogP contribution < -0.4 is 5.32 Å². The van der Waals surface area contributed by atoms with Gasteiger partial charge in [-0.2, -0.15) is 9.50 Å². The molecule has 128 valence electrons. The molecule has 2 bridgehead atoms. The molecule has 5 heterocycles. The number of hydrogen-bond acceptors (Lipinski definition) is 6. The molecular weight excluding hydrogens is 317 g/mol. The Labute approximate surface area is 137 Å². The second-order valence-electron chi connectivity index (χ2n) is 6.00. The molecular formula is C15H18FN5O3. The van der Waals surface area contributed by atoms with Gasteiger partial charge in [0.1, 0.15) is 0 Å². The van der Waals surface area contributed by atoms with Crippen LogP contribution in [0.1, 0.15) is 12.8 Å². The van der Waals surface area contributed by atoms with Gasteiger partial charge < -0.3 is 15.3 Å². The van der Waals surface area contributed by atoms with E-state index < -0.39 is 12.1 Å². The van der Waals surface area contributed by atoms with Crippen molar-refractivity contribution in [3.05, 3.63) is 23.4 Å². The minimum absolute atomic E-state index is 0.176. The van der Waals surface area contributed by atoms with Gasteiger partial charge in [-0.1, -0.05) is 0 Å². The minimum atomic E-state index is -0.692. The molecule has 24 heavy (non-hydrogen) atoms. The number of amides is 1. The Bertz CT molecular complexity index is 649. The highest BCUT2D eigenvalue weighted by molar-refractivity contribution is 5.97. The number of rotatable bonds is 2. The fourth-order valence-electron chi connectivity index (χ4n) is 3.48. The van der Waals surface area contributed by atoms with Gasteiger partial charge in [0, 0.05) is 18.2 Å². The number of carbonyl (C=O) groups excluding carboxylic acids is 1. The number of nitrogens with zero attached hydrogens (tertiary/aromatic N) is 4. The number of piperidine rings is 3. The van der Waals surface area contributed by atoms with E-state index in [1.807, 2.05) is 0 Å². The van der Waals surface area contributed by atoms with Gasteiger partial charge >= 0.3 is 0 Å². The van der Waals surface area contributed by atoms with Crippen molar-refractivity contribution >= 4 is 18.3 Å². The average molecular weight is 335 g/mol. The molecule has 3 fully saturated rings. The minimum Gasteiger partial charge on any atom is -0.483 e. The monoisotopic (exact) mass is 335 g/mol.